The molecule has 2 amide bonds. The molecule has 5 nitrogen and oxygen atoms in total. The highest BCUT2D eigenvalue weighted by Crippen LogP contribution is 2.10. The van der Waals surface area contributed by atoms with Crippen LogP contribution in [0.3, 0.4) is 0 Å². The molecule has 2 rings (SSSR count). The van der Waals surface area contributed by atoms with Crippen LogP contribution < -0.4 is 10.6 Å². The van der Waals surface area contributed by atoms with Gasteiger partial charge >= 0.3 is 0 Å². The summed E-state index contributed by atoms with van der Waals surface area (Å²) in [5.74, 6) is -0.311. The molecule has 0 aliphatic rings. The first-order valence-corrected chi connectivity index (χ1v) is 6.86. The van der Waals surface area contributed by atoms with Gasteiger partial charge in [0.2, 0.25) is 11.8 Å². The number of nitrogens with one attached hydrogen (secondary N) is 2. The molecule has 0 bridgehead atoms. The Morgan fingerprint density at radius 3 is 2.82 bits per heavy atom. The Hall–Kier alpha value is -2.95. The van der Waals surface area contributed by atoms with E-state index in [4.69, 9.17) is 0 Å². The van der Waals surface area contributed by atoms with E-state index in [1.54, 1.807) is 24.5 Å². The Morgan fingerprint density at radius 2 is 2.09 bits per heavy atom. The van der Waals surface area contributed by atoms with E-state index in [0.29, 0.717) is 12.2 Å². The molecule has 0 radical (unpaired) electrons. The fraction of sp³-hybridized carbons (Fsp3) is 0.118. The van der Waals surface area contributed by atoms with Crippen molar-refractivity contribution in [1.82, 2.24) is 10.3 Å². The number of benzene rings is 1. The van der Waals surface area contributed by atoms with E-state index in [9.17, 15) is 9.59 Å². The molecule has 2 N–H and O–H groups in total. The number of carbonyl (C=O) groups excluding carboxylic acids is 2. The molecule has 2 aromatic rings. The Kier molecular flexibility index (Phi) is 5.43. The largest absolute Gasteiger partial charge is 0.348 e. The number of aromatic nitrogens is 1. The van der Waals surface area contributed by atoms with E-state index < -0.39 is 0 Å². The van der Waals surface area contributed by atoms with E-state index in [1.807, 2.05) is 30.3 Å². The van der Waals surface area contributed by atoms with Crippen LogP contribution in [-0.2, 0) is 16.1 Å². The molecule has 0 fully saturated rings. The SMILES string of the molecule is CC(=O)Nc1cccc(CNC(=O)C=Cc2cccnc2)c1. The molecular weight excluding hydrogens is 278 g/mol. The summed E-state index contributed by atoms with van der Waals surface area (Å²) in [5, 5.41) is 5.50. The van der Waals surface area contributed by atoms with Crippen LogP contribution in [0.25, 0.3) is 6.08 Å². The summed E-state index contributed by atoms with van der Waals surface area (Å²) in [6, 6.07) is 11.0. The molecule has 0 aliphatic heterocycles. The number of pyridine rings is 1. The molecule has 5 heteroatoms. The number of rotatable bonds is 5. The van der Waals surface area contributed by atoms with Gasteiger partial charge in [0.05, 0.1) is 0 Å². The van der Waals surface area contributed by atoms with Crippen molar-refractivity contribution < 1.29 is 9.59 Å². The van der Waals surface area contributed by atoms with Crippen LogP contribution in [0, 0.1) is 0 Å². The predicted molar refractivity (Wildman–Crippen MR) is 85.9 cm³/mol. The average molecular weight is 295 g/mol. The highest BCUT2D eigenvalue weighted by Gasteiger charge is 2.00. The van der Waals surface area contributed by atoms with Gasteiger partial charge in [0.25, 0.3) is 0 Å². The molecule has 1 aromatic heterocycles. The van der Waals surface area contributed by atoms with Crippen molar-refractivity contribution in [2.75, 3.05) is 5.32 Å². The summed E-state index contributed by atoms with van der Waals surface area (Å²) < 4.78 is 0. The van der Waals surface area contributed by atoms with Crippen LogP contribution >= 0.6 is 0 Å². The third-order valence-corrected chi connectivity index (χ3v) is 2.83. The van der Waals surface area contributed by atoms with Gasteiger partial charge in [0.1, 0.15) is 0 Å². The topological polar surface area (TPSA) is 71.1 Å². The summed E-state index contributed by atoms with van der Waals surface area (Å²) in [6.07, 6.45) is 6.53. The molecule has 112 valence electrons. The summed E-state index contributed by atoms with van der Waals surface area (Å²) in [4.78, 5) is 26.8. The van der Waals surface area contributed by atoms with Gasteiger partial charge in [-0.05, 0) is 35.4 Å². The monoisotopic (exact) mass is 295 g/mol. The van der Waals surface area contributed by atoms with E-state index in [0.717, 1.165) is 11.1 Å². The number of anilines is 1. The van der Waals surface area contributed by atoms with Gasteiger partial charge in [-0.15, -0.1) is 0 Å². The zero-order chi connectivity index (χ0) is 15.8. The van der Waals surface area contributed by atoms with Gasteiger partial charge in [0, 0.05) is 37.6 Å². The van der Waals surface area contributed by atoms with Crippen LogP contribution in [0.4, 0.5) is 5.69 Å². The first-order valence-electron chi connectivity index (χ1n) is 6.86. The Morgan fingerprint density at radius 1 is 1.23 bits per heavy atom. The molecule has 0 saturated carbocycles. The number of carbonyl (C=O) groups is 2. The minimum absolute atomic E-state index is 0.124. The number of nitrogens with zero attached hydrogens (tertiary/aromatic N) is 1. The fourth-order valence-electron chi connectivity index (χ4n) is 1.86. The van der Waals surface area contributed by atoms with Gasteiger partial charge in [-0.25, -0.2) is 0 Å². The third-order valence-electron chi connectivity index (χ3n) is 2.83. The summed E-state index contributed by atoms with van der Waals surface area (Å²) in [6.45, 7) is 1.85. The van der Waals surface area contributed by atoms with Crippen LogP contribution in [0.5, 0.6) is 0 Å². The van der Waals surface area contributed by atoms with Crippen molar-refractivity contribution in [2.24, 2.45) is 0 Å². The van der Waals surface area contributed by atoms with Crippen LogP contribution in [0.2, 0.25) is 0 Å². The quantitative estimate of drug-likeness (QED) is 0.832. The second kappa shape index (κ2) is 7.73. The Labute approximate surface area is 129 Å². The van der Waals surface area contributed by atoms with Gasteiger partial charge in [-0.2, -0.15) is 0 Å². The summed E-state index contributed by atoms with van der Waals surface area (Å²) in [7, 11) is 0. The molecule has 22 heavy (non-hydrogen) atoms. The molecule has 0 spiro atoms. The second-order valence-corrected chi connectivity index (χ2v) is 4.72. The lowest BCUT2D eigenvalue weighted by Gasteiger charge is -2.06. The van der Waals surface area contributed by atoms with E-state index in [1.165, 1.54) is 13.0 Å². The molecule has 1 aromatic carbocycles. The lowest BCUT2D eigenvalue weighted by molar-refractivity contribution is -0.116. The van der Waals surface area contributed by atoms with Crippen molar-refractivity contribution in [3.8, 4) is 0 Å². The highest BCUT2D eigenvalue weighted by atomic mass is 16.2. The zero-order valence-corrected chi connectivity index (χ0v) is 12.2. The molecular formula is C17H17N3O2. The minimum atomic E-state index is -0.186. The van der Waals surface area contributed by atoms with Crippen molar-refractivity contribution in [3.05, 3.63) is 66.0 Å². The van der Waals surface area contributed by atoms with E-state index >= 15 is 0 Å². The van der Waals surface area contributed by atoms with Crippen LogP contribution in [-0.4, -0.2) is 16.8 Å². The first kappa shape index (κ1) is 15.4. The Balaban J connectivity index is 1.88. The standard InChI is InChI=1S/C17H17N3O2/c1-13(21)20-16-6-2-4-15(10-16)12-19-17(22)8-7-14-5-3-9-18-11-14/h2-11H,12H2,1H3,(H,19,22)(H,20,21). The minimum Gasteiger partial charge on any atom is -0.348 e. The molecule has 0 saturated heterocycles. The highest BCUT2D eigenvalue weighted by molar-refractivity contribution is 5.91. The van der Waals surface area contributed by atoms with Gasteiger partial charge in [0.15, 0.2) is 0 Å². The maximum atomic E-state index is 11.8. The lowest BCUT2D eigenvalue weighted by Crippen LogP contribution is -2.20. The number of hydrogen-bond acceptors (Lipinski definition) is 3. The van der Waals surface area contributed by atoms with Crippen molar-refractivity contribution in [1.29, 1.82) is 0 Å². The van der Waals surface area contributed by atoms with Crippen molar-refractivity contribution in [3.63, 3.8) is 0 Å². The van der Waals surface area contributed by atoms with Crippen molar-refractivity contribution in [2.45, 2.75) is 13.5 Å². The van der Waals surface area contributed by atoms with Gasteiger partial charge in [-0.1, -0.05) is 18.2 Å². The fourth-order valence-corrected chi connectivity index (χ4v) is 1.86. The van der Waals surface area contributed by atoms with Crippen LogP contribution in [0.1, 0.15) is 18.1 Å². The lowest BCUT2D eigenvalue weighted by atomic mass is 10.2. The first-order chi connectivity index (χ1) is 10.6. The molecule has 0 atom stereocenters. The van der Waals surface area contributed by atoms with Crippen molar-refractivity contribution >= 4 is 23.6 Å². The van der Waals surface area contributed by atoms with E-state index in [-0.39, 0.29) is 11.8 Å². The summed E-state index contributed by atoms with van der Waals surface area (Å²) >= 11 is 0. The number of amides is 2. The van der Waals surface area contributed by atoms with E-state index in [2.05, 4.69) is 15.6 Å². The van der Waals surface area contributed by atoms with Gasteiger partial charge in [-0.3, -0.25) is 14.6 Å². The zero-order valence-electron chi connectivity index (χ0n) is 12.2. The second-order valence-electron chi connectivity index (χ2n) is 4.72. The average Bonchev–Trinajstić information content (AvgIpc) is 2.52. The smallest absolute Gasteiger partial charge is 0.244 e. The predicted octanol–water partition coefficient (Wildman–Crippen LogP) is 2.37. The molecule has 0 unspecified atom stereocenters. The Bertz CT molecular complexity index is 681. The maximum absolute atomic E-state index is 11.8. The normalized spacial score (nSPS) is 10.4. The molecule has 0 aliphatic carbocycles. The maximum Gasteiger partial charge on any atom is 0.244 e. The van der Waals surface area contributed by atoms with Gasteiger partial charge < -0.3 is 10.6 Å². The van der Waals surface area contributed by atoms with Crippen LogP contribution in [0.15, 0.2) is 54.9 Å². The number of hydrogen-bond donors (Lipinski definition) is 2. The summed E-state index contributed by atoms with van der Waals surface area (Å²) in [5.41, 5.74) is 2.49. The molecule has 1 heterocycles. The third kappa shape index (κ3) is 5.20.